The summed E-state index contributed by atoms with van der Waals surface area (Å²) in [4.78, 5) is 26.1. The molecule has 20 heavy (non-hydrogen) atoms. The van der Waals surface area contributed by atoms with Crippen molar-refractivity contribution in [1.82, 2.24) is 9.47 Å². The average molecular weight is 279 g/mol. The van der Waals surface area contributed by atoms with Crippen LogP contribution < -0.4 is 5.73 Å². The summed E-state index contributed by atoms with van der Waals surface area (Å²) in [6.45, 7) is 7.72. The third kappa shape index (κ3) is 2.56. The average Bonchev–Trinajstić information content (AvgIpc) is 2.71. The molecule has 2 heterocycles. The summed E-state index contributed by atoms with van der Waals surface area (Å²) >= 11 is 0. The molecule has 1 aromatic rings. The molecule has 0 saturated carbocycles. The maximum Gasteiger partial charge on any atom is 0.340 e. The summed E-state index contributed by atoms with van der Waals surface area (Å²) in [6.07, 6.45) is -0.178. The molecule has 0 fully saturated rings. The van der Waals surface area contributed by atoms with Gasteiger partial charge in [0.15, 0.2) is 0 Å². The van der Waals surface area contributed by atoms with E-state index in [4.69, 9.17) is 10.5 Å². The van der Waals surface area contributed by atoms with Gasteiger partial charge in [-0.05, 0) is 26.8 Å². The number of hydrogen-bond acceptors (Lipinski definition) is 4. The number of hydrogen-bond donors (Lipinski definition) is 1. The number of ether oxygens (including phenoxy) is 1. The van der Waals surface area contributed by atoms with Crippen LogP contribution in [0, 0.1) is 6.92 Å². The molecule has 6 heteroatoms. The first kappa shape index (κ1) is 14.6. The van der Waals surface area contributed by atoms with E-state index in [-0.39, 0.29) is 18.0 Å². The summed E-state index contributed by atoms with van der Waals surface area (Å²) in [5, 5.41) is 0. The fourth-order valence-electron chi connectivity index (χ4n) is 2.45. The van der Waals surface area contributed by atoms with Crippen LogP contribution in [0.1, 0.15) is 40.4 Å². The third-order valence-electron chi connectivity index (χ3n) is 3.43. The van der Waals surface area contributed by atoms with E-state index in [1.54, 1.807) is 24.8 Å². The van der Waals surface area contributed by atoms with Crippen molar-refractivity contribution in [2.75, 3.05) is 19.6 Å². The molecule has 0 aliphatic carbocycles. The number of fused-ring (bicyclic) bond motifs is 1. The zero-order chi connectivity index (χ0) is 14.9. The summed E-state index contributed by atoms with van der Waals surface area (Å²) in [5.41, 5.74) is 7.30. The lowest BCUT2D eigenvalue weighted by molar-refractivity contribution is 0.0376. The first-order valence-electron chi connectivity index (χ1n) is 6.86. The maximum atomic E-state index is 12.3. The van der Waals surface area contributed by atoms with Crippen molar-refractivity contribution in [2.45, 2.75) is 33.4 Å². The molecule has 1 aliphatic rings. The first-order valence-corrected chi connectivity index (χ1v) is 6.86. The number of aromatic nitrogens is 1. The molecule has 2 N–H and O–H groups in total. The number of carbonyl (C=O) groups excluding carboxylic acids is 2. The molecule has 110 valence electrons. The lowest BCUT2D eigenvalue weighted by Gasteiger charge is -2.28. The van der Waals surface area contributed by atoms with Crippen LogP contribution in [-0.4, -0.2) is 47.1 Å². The number of nitrogens with two attached hydrogens (primary N) is 1. The predicted molar refractivity (Wildman–Crippen MR) is 74.7 cm³/mol. The number of esters is 1. The molecule has 0 saturated heterocycles. The van der Waals surface area contributed by atoms with E-state index in [1.165, 1.54) is 0 Å². The van der Waals surface area contributed by atoms with Crippen LogP contribution in [0.25, 0.3) is 0 Å². The molecule has 0 spiro atoms. The lowest BCUT2D eigenvalue weighted by Crippen LogP contribution is -2.42. The summed E-state index contributed by atoms with van der Waals surface area (Å²) < 4.78 is 7.09. The van der Waals surface area contributed by atoms with E-state index in [0.717, 1.165) is 5.69 Å². The fraction of sp³-hybridized carbons (Fsp3) is 0.571. The topological polar surface area (TPSA) is 77.6 Å². The molecule has 0 bridgehead atoms. The predicted octanol–water partition coefficient (Wildman–Crippen LogP) is 0.776. The van der Waals surface area contributed by atoms with Crippen molar-refractivity contribution in [3.63, 3.8) is 0 Å². The smallest absolute Gasteiger partial charge is 0.340 e. The van der Waals surface area contributed by atoms with E-state index in [9.17, 15) is 9.59 Å². The molecule has 1 aliphatic heterocycles. The summed E-state index contributed by atoms with van der Waals surface area (Å²) in [6, 6.07) is 1.63. The van der Waals surface area contributed by atoms with Crippen LogP contribution in [0.3, 0.4) is 0 Å². The van der Waals surface area contributed by atoms with Crippen LogP contribution in [0.4, 0.5) is 0 Å². The van der Waals surface area contributed by atoms with Gasteiger partial charge < -0.3 is 19.9 Å². The SMILES string of the molecule is Cc1c(C(=O)OC(C)C)cc2n1CCN(CCN)C2=O. The van der Waals surface area contributed by atoms with Gasteiger partial charge in [0.2, 0.25) is 0 Å². The molecule has 1 amide bonds. The highest BCUT2D eigenvalue weighted by Gasteiger charge is 2.29. The molecular formula is C14H21N3O3. The normalized spacial score (nSPS) is 14.7. The van der Waals surface area contributed by atoms with E-state index in [0.29, 0.717) is 37.4 Å². The van der Waals surface area contributed by atoms with Gasteiger partial charge in [0.05, 0.1) is 11.7 Å². The van der Waals surface area contributed by atoms with Gasteiger partial charge in [-0.15, -0.1) is 0 Å². The number of carbonyl (C=O) groups is 2. The first-order chi connectivity index (χ1) is 9.45. The van der Waals surface area contributed by atoms with Gasteiger partial charge >= 0.3 is 5.97 Å². The van der Waals surface area contributed by atoms with Crippen LogP contribution in [0.2, 0.25) is 0 Å². The van der Waals surface area contributed by atoms with Gasteiger partial charge in [0.25, 0.3) is 5.91 Å². The molecule has 0 atom stereocenters. The summed E-state index contributed by atoms with van der Waals surface area (Å²) in [7, 11) is 0. The number of amides is 1. The van der Waals surface area contributed by atoms with Gasteiger partial charge in [0, 0.05) is 31.9 Å². The van der Waals surface area contributed by atoms with Crippen LogP contribution >= 0.6 is 0 Å². The van der Waals surface area contributed by atoms with Crippen LogP contribution in [-0.2, 0) is 11.3 Å². The molecule has 0 radical (unpaired) electrons. The molecular weight excluding hydrogens is 258 g/mol. The van der Waals surface area contributed by atoms with E-state index >= 15 is 0 Å². The quantitative estimate of drug-likeness (QED) is 0.826. The standard InChI is InChI=1S/C14H21N3O3/c1-9(2)20-14(19)11-8-12-13(18)16(5-4-15)6-7-17(12)10(11)3/h8-9H,4-7,15H2,1-3H3. The van der Waals surface area contributed by atoms with Crippen molar-refractivity contribution in [3.05, 3.63) is 23.0 Å². The number of rotatable bonds is 4. The zero-order valence-electron chi connectivity index (χ0n) is 12.2. The highest BCUT2D eigenvalue weighted by atomic mass is 16.5. The van der Waals surface area contributed by atoms with Gasteiger partial charge in [0.1, 0.15) is 5.69 Å². The Kier molecular flexibility index (Phi) is 4.13. The molecule has 6 nitrogen and oxygen atoms in total. The second kappa shape index (κ2) is 5.66. The Hall–Kier alpha value is -1.82. The van der Waals surface area contributed by atoms with Crippen molar-refractivity contribution < 1.29 is 14.3 Å². The second-order valence-electron chi connectivity index (χ2n) is 5.22. The fourth-order valence-corrected chi connectivity index (χ4v) is 2.45. The Labute approximate surface area is 118 Å². The zero-order valence-corrected chi connectivity index (χ0v) is 12.2. The Morgan fingerprint density at radius 2 is 2.15 bits per heavy atom. The summed E-state index contributed by atoms with van der Waals surface area (Å²) in [5.74, 6) is -0.453. The second-order valence-corrected chi connectivity index (χ2v) is 5.22. The van der Waals surface area contributed by atoms with Gasteiger partial charge in [-0.3, -0.25) is 4.79 Å². The molecule has 0 aromatic carbocycles. The Morgan fingerprint density at radius 1 is 1.45 bits per heavy atom. The largest absolute Gasteiger partial charge is 0.459 e. The van der Waals surface area contributed by atoms with Crippen LogP contribution in [0.5, 0.6) is 0 Å². The minimum Gasteiger partial charge on any atom is -0.459 e. The van der Waals surface area contributed by atoms with E-state index in [2.05, 4.69) is 0 Å². The van der Waals surface area contributed by atoms with E-state index in [1.807, 2.05) is 11.5 Å². The van der Waals surface area contributed by atoms with Gasteiger partial charge in [-0.25, -0.2) is 4.79 Å². The Bertz CT molecular complexity index is 534. The monoisotopic (exact) mass is 279 g/mol. The minimum absolute atomic E-state index is 0.0756. The van der Waals surface area contributed by atoms with Crippen molar-refractivity contribution in [1.29, 1.82) is 0 Å². The van der Waals surface area contributed by atoms with Crippen LogP contribution in [0.15, 0.2) is 6.07 Å². The van der Waals surface area contributed by atoms with Crippen molar-refractivity contribution in [2.24, 2.45) is 5.73 Å². The number of nitrogens with zero attached hydrogens (tertiary/aromatic N) is 2. The molecule has 2 rings (SSSR count). The lowest BCUT2D eigenvalue weighted by atomic mass is 10.2. The van der Waals surface area contributed by atoms with Crippen molar-refractivity contribution in [3.8, 4) is 0 Å². The minimum atomic E-state index is -0.377. The molecule has 0 unspecified atom stereocenters. The maximum absolute atomic E-state index is 12.3. The molecule has 1 aromatic heterocycles. The van der Waals surface area contributed by atoms with Gasteiger partial charge in [-0.1, -0.05) is 0 Å². The van der Waals surface area contributed by atoms with Crippen molar-refractivity contribution >= 4 is 11.9 Å². The van der Waals surface area contributed by atoms with E-state index < -0.39 is 0 Å². The Morgan fingerprint density at radius 3 is 2.75 bits per heavy atom. The third-order valence-corrected chi connectivity index (χ3v) is 3.43. The highest BCUT2D eigenvalue weighted by molar-refractivity contribution is 5.99. The van der Waals surface area contributed by atoms with Gasteiger partial charge in [-0.2, -0.15) is 0 Å². The Balaban J connectivity index is 2.31. The highest BCUT2D eigenvalue weighted by Crippen LogP contribution is 2.22.